The lowest BCUT2D eigenvalue weighted by molar-refractivity contribution is 0.0684. The third kappa shape index (κ3) is 3.82. The van der Waals surface area contributed by atoms with Gasteiger partial charge in [0.15, 0.2) is 11.4 Å². The van der Waals surface area contributed by atoms with Crippen molar-refractivity contribution >= 4 is 23.5 Å². The van der Waals surface area contributed by atoms with E-state index in [1.54, 1.807) is 6.07 Å². The van der Waals surface area contributed by atoms with Crippen molar-refractivity contribution < 1.29 is 14.7 Å². The maximum absolute atomic E-state index is 12.0. The Kier molecular flexibility index (Phi) is 4.59. The largest absolute Gasteiger partial charge is 0.477 e. The lowest BCUT2D eigenvalue weighted by atomic mass is 10.1. The number of hydrogen-bond acceptors (Lipinski definition) is 3. The number of hydrogen-bond donors (Lipinski definition) is 3. The average molecular weight is 308 g/mol. The summed E-state index contributed by atoms with van der Waals surface area (Å²) in [4.78, 5) is 29.1. The van der Waals surface area contributed by atoms with Crippen molar-refractivity contribution in [2.24, 2.45) is 0 Å². The number of carboxylic acid groups (broad SMARTS) is 1. The van der Waals surface area contributed by atoms with E-state index in [1.165, 1.54) is 6.33 Å². The summed E-state index contributed by atoms with van der Waals surface area (Å²) in [6.45, 7) is 1.83. The first-order valence-electron chi connectivity index (χ1n) is 6.29. The highest BCUT2D eigenvalue weighted by Crippen LogP contribution is 2.12. The molecule has 0 radical (unpaired) electrons. The molecule has 0 aliphatic heterocycles. The summed E-state index contributed by atoms with van der Waals surface area (Å²) < 4.78 is 0. The molecule has 6 nitrogen and oxygen atoms in total. The monoisotopic (exact) mass is 307 g/mol. The van der Waals surface area contributed by atoms with Crippen LogP contribution in [0.2, 0.25) is 5.02 Å². The summed E-state index contributed by atoms with van der Waals surface area (Å²) in [7, 11) is 0. The van der Waals surface area contributed by atoms with Crippen molar-refractivity contribution in [2.45, 2.75) is 19.4 Å². The quantitative estimate of drug-likeness (QED) is 0.788. The number of aromatic amines is 1. The molecule has 110 valence electrons. The van der Waals surface area contributed by atoms with Gasteiger partial charge in [0.1, 0.15) is 0 Å². The van der Waals surface area contributed by atoms with E-state index >= 15 is 0 Å². The predicted octanol–water partition coefficient (Wildman–Crippen LogP) is 2.12. The Balaban J connectivity index is 2.02. The number of nitrogens with zero attached hydrogens (tertiary/aromatic N) is 1. The first kappa shape index (κ1) is 15.1. The van der Waals surface area contributed by atoms with Crippen molar-refractivity contribution in [3.05, 3.63) is 52.6 Å². The van der Waals surface area contributed by atoms with E-state index in [9.17, 15) is 9.59 Å². The highest BCUT2D eigenvalue weighted by Gasteiger charge is 2.20. The van der Waals surface area contributed by atoms with E-state index < -0.39 is 11.9 Å². The van der Waals surface area contributed by atoms with Gasteiger partial charge in [-0.2, -0.15) is 0 Å². The van der Waals surface area contributed by atoms with Gasteiger partial charge in [0.2, 0.25) is 0 Å². The van der Waals surface area contributed by atoms with Crippen molar-refractivity contribution in [3.8, 4) is 0 Å². The molecule has 1 heterocycles. The fourth-order valence-corrected chi connectivity index (χ4v) is 2.20. The number of rotatable bonds is 5. The number of nitrogens with one attached hydrogen (secondary N) is 2. The van der Waals surface area contributed by atoms with Crippen LogP contribution in [0.3, 0.4) is 0 Å². The van der Waals surface area contributed by atoms with Gasteiger partial charge < -0.3 is 15.4 Å². The van der Waals surface area contributed by atoms with Crippen molar-refractivity contribution in [1.29, 1.82) is 0 Å². The van der Waals surface area contributed by atoms with Crippen LogP contribution in [-0.4, -0.2) is 33.0 Å². The van der Waals surface area contributed by atoms with Crippen LogP contribution in [0.15, 0.2) is 30.6 Å². The molecule has 1 atom stereocenters. The highest BCUT2D eigenvalue weighted by atomic mass is 35.5. The Morgan fingerprint density at radius 2 is 2.24 bits per heavy atom. The molecule has 1 aromatic heterocycles. The summed E-state index contributed by atoms with van der Waals surface area (Å²) in [6.07, 6.45) is 1.76. The summed E-state index contributed by atoms with van der Waals surface area (Å²) in [5.74, 6) is -1.75. The SMILES string of the molecule is CC(Cc1cccc(Cl)c1)NC(=O)c1nc[nH]c1C(=O)O. The van der Waals surface area contributed by atoms with Gasteiger partial charge >= 0.3 is 5.97 Å². The number of aromatic carboxylic acids is 1. The third-order valence-electron chi connectivity index (χ3n) is 2.88. The first-order valence-corrected chi connectivity index (χ1v) is 6.67. The Hall–Kier alpha value is -2.34. The van der Waals surface area contributed by atoms with Gasteiger partial charge in [-0.1, -0.05) is 23.7 Å². The van der Waals surface area contributed by atoms with Crippen molar-refractivity contribution in [1.82, 2.24) is 15.3 Å². The molecule has 1 aromatic carbocycles. The van der Waals surface area contributed by atoms with Crippen LogP contribution in [0.25, 0.3) is 0 Å². The van der Waals surface area contributed by atoms with E-state index in [0.29, 0.717) is 11.4 Å². The lowest BCUT2D eigenvalue weighted by Gasteiger charge is -2.13. The first-order chi connectivity index (χ1) is 9.97. The van der Waals surface area contributed by atoms with Gasteiger partial charge in [0, 0.05) is 11.1 Å². The number of imidazole rings is 1. The topological polar surface area (TPSA) is 95.1 Å². The molecule has 2 rings (SSSR count). The normalized spacial score (nSPS) is 11.9. The third-order valence-corrected chi connectivity index (χ3v) is 3.11. The van der Waals surface area contributed by atoms with E-state index in [0.717, 1.165) is 5.56 Å². The van der Waals surface area contributed by atoms with Gasteiger partial charge in [0.25, 0.3) is 5.91 Å². The van der Waals surface area contributed by atoms with Crippen LogP contribution >= 0.6 is 11.6 Å². The Bertz CT molecular complexity index is 669. The van der Waals surface area contributed by atoms with Gasteiger partial charge in [-0.25, -0.2) is 9.78 Å². The van der Waals surface area contributed by atoms with Crippen LogP contribution in [0.1, 0.15) is 33.5 Å². The van der Waals surface area contributed by atoms with Gasteiger partial charge in [-0.15, -0.1) is 0 Å². The predicted molar refractivity (Wildman–Crippen MR) is 77.6 cm³/mol. The molecule has 0 saturated heterocycles. The minimum atomic E-state index is -1.22. The smallest absolute Gasteiger partial charge is 0.354 e. The van der Waals surface area contributed by atoms with E-state index in [2.05, 4.69) is 15.3 Å². The molecule has 0 bridgehead atoms. The number of benzene rings is 1. The Morgan fingerprint density at radius 1 is 1.48 bits per heavy atom. The molecule has 2 aromatic rings. The zero-order valence-electron chi connectivity index (χ0n) is 11.3. The molecular weight excluding hydrogens is 294 g/mol. The van der Waals surface area contributed by atoms with Crippen LogP contribution in [0.4, 0.5) is 0 Å². The zero-order valence-corrected chi connectivity index (χ0v) is 12.0. The van der Waals surface area contributed by atoms with E-state index in [-0.39, 0.29) is 17.4 Å². The number of halogens is 1. The van der Waals surface area contributed by atoms with Crippen molar-refractivity contribution in [3.63, 3.8) is 0 Å². The molecule has 21 heavy (non-hydrogen) atoms. The molecule has 0 aliphatic carbocycles. The zero-order chi connectivity index (χ0) is 15.4. The van der Waals surface area contributed by atoms with Crippen LogP contribution in [0, 0.1) is 0 Å². The fourth-order valence-electron chi connectivity index (χ4n) is 1.99. The number of aromatic nitrogens is 2. The minimum Gasteiger partial charge on any atom is -0.477 e. The molecular formula is C14H14ClN3O3. The number of H-pyrrole nitrogens is 1. The van der Waals surface area contributed by atoms with Gasteiger partial charge in [0.05, 0.1) is 6.33 Å². The van der Waals surface area contributed by atoms with E-state index in [4.69, 9.17) is 16.7 Å². The molecule has 0 aliphatic rings. The fraction of sp³-hybridized carbons (Fsp3) is 0.214. The summed E-state index contributed by atoms with van der Waals surface area (Å²) in [5.41, 5.74) is 0.638. The number of carboxylic acids is 1. The second-order valence-electron chi connectivity index (χ2n) is 4.64. The van der Waals surface area contributed by atoms with Crippen LogP contribution in [0.5, 0.6) is 0 Å². The standard InChI is InChI=1S/C14H14ClN3O3/c1-8(5-9-3-2-4-10(15)6-9)18-13(19)11-12(14(20)21)17-7-16-11/h2-4,6-8H,5H2,1H3,(H,16,17)(H,18,19)(H,20,21). The Labute approximate surface area is 126 Å². The molecule has 0 saturated carbocycles. The molecule has 1 amide bonds. The average Bonchev–Trinajstić information content (AvgIpc) is 2.87. The van der Waals surface area contributed by atoms with Gasteiger partial charge in [-0.3, -0.25) is 4.79 Å². The minimum absolute atomic E-state index is 0.125. The van der Waals surface area contributed by atoms with Crippen LogP contribution in [-0.2, 0) is 6.42 Å². The highest BCUT2D eigenvalue weighted by molar-refractivity contribution is 6.30. The lowest BCUT2D eigenvalue weighted by Crippen LogP contribution is -2.35. The maximum Gasteiger partial charge on any atom is 0.354 e. The molecule has 3 N–H and O–H groups in total. The van der Waals surface area contributed by atoms with Crippen LogP contribution < -0.4 is 5.32 Å². The summed E-state index contributed by atoms with van der Waals surface area (Å²) in [6, 6.07) is 7.15. The second kappa shape index (κ2) is 6.41. The molecule has 7 heteroatoms. The number of amides is 1. The number of carbonyl (C=O) groups excluding carboxylic acids is 1. The molecule has 0 spiro atoms. The number of carbonyl (C=O) groups is 2. The Morgan fingerprint density at radius 3 is 2.90 bits per heavy atom. The molecule has 0 fully saturated rings. The van der Waals surface area contributed by atoms with Gasteiger partial charge in [-0.05, 0) is 31.0 Å². The maximum atomic E-state index is 12.0. The summed E-state index contributed by atoms with van der Waals surface area (Å²) in [5, 5.41) is 12.3. The molecule has 1 unspecified atom stereocenters. The van der Waals surface area contributed by atoms with Crippen molar-refractivity contribution in [2.75, 3.05) is 0 Å². The van der Waals surface area contributed by atoms with E-state index in [1.807, 2.05) is 25.1 Å². The summed E-state index contributed by atoms with van der Waals surface area (Å²) >= 11 is 5.90. The second-order valence-corrected chi connectivity index (χ2v) is 5.08.